The molecule has 1 heterocycles. The van der Waals surface area contributed by atoms with E-state index >= 15 is 0 Å². The van der Waals surface area contributed by atoms with Gasteiger partial charge in [0.2, 0.25) is 11.8 Å². The van der Waals surface area contributed by atoms with Gasteiger partial charge in [0.05, 0.1) is 19.1 Å². The fraction of sp³-hybridized carbons (Fsp3) is 0.714. The van der Waals surface area contributed by atoms with Gasteiger partial charge in [0.1, 0.15) is 0 Å². The fourth-order valence-corrected chi connectivity index (χ4v) is 2.04. The van der Waals surface area contributed by atoms with Gasteiger partial charge in [0, 0.05) is 25.6 Å². The first-order valence-corrected chi connectivity index (χ1v) is 6.71. The lowest BCUT2D eigenvalue weighted by Crippen LogP contribution is -2.36. The van der Waals surface area contributed by atoms with Gasteiger partial charge in [0.25, 0.3) is 0 Å². The average Bonchev–Trinajstić information content (AvgIpc) is 2.70. The maximum atomic E-state index is 11.9. The van der Waals surface area contributed by atoms with E-state index in [-0.39, 0.29) is 23.8 Å². The lowest BCUT2D eigenvalue weighted by molar-refractivity contribution is -0.130. The molecule has 0 radical (unpaired) electrons. The van der Waals surface area contributed by atoms with E-state index in [1.807, 2.05) is 20.8 Å². The molecule has 5 nitrogen and oxygen atoms in total. The van der Waals surface area contributed by atoms with Crippen molar-refractivity contribution in [3.05, 3.63) is 12.2 Å². The third-order valence-electron chi connectivity index (χ3n) is 3.05. The van der Waals surface area contributed by atoms with Crippen LogP contribution in [-0.2, 0) is 14.3 Å². The van der Waals surface area contributed by atoms with E-state index in [0.29, 0.717) is 32.7 Å². The van der Waals surface area contributed by atoms with Gasteiger partial charge in [-0.2, -0.15) is 0 Å². The van der Waals surface area contributed by atoms with Crippen molar-refractivity contribution in [2.75, 3.05) is 26.3 Å². The number of nitrogens with one attached hydrogen (secondary N) is 1. The molecular weight excluding hydrogens is 244 g/mol. The number of likely N-dealkylation sites (tertiary alicyclic amines) is 1. The molecule has 19 heavy (non-hydrogen) atoms. The number of hydrogen-bond donors (Lipinski definition) is 1. The summed E-state index contributed by atoms with van der Waals surface area (Å²) < 4.78 is 5.30. The summed E-state index contributed by atoms with van der Waals surface area (Å²) in [6.07, 6.45) is 0.316. The third kappa shape index (κ3) is 5.03. The molecule has 0 aromatic carbocycles. The summed E-state index contributed by atoms with van der Waals surface area (Å²) in [6.45, 7) is 11.5. The zero-order valence-corrected chi connectivity index (χ0v) is 12.1. The van der Waals surface area contributed by atoms with Crippen LogP contribution in [-0.4, -0.2) is 49.1 Å². The molecule has 1 unspecified atom stereocenters. The van der Waals surface area contributed by atoms with Gasteiger partial charge in [-0.05, 0) is 20.8 Å². The van der Waals surface area contributed by atoms with E-state index in [4.69, 9.17) is 4.74 Å². The van der Waals surface area contributed by atoms with Gasteiger partial charge < -0.3 is 15.0 Å². The van der Waals surface area contributed by atoms with Crippen LogP contribution in [0, 0.1) is 5.92 Å². The molecule has 1 saturated heterocycles. The molecule has 1 aliphatic rings. The molecule has 0 aliphatic carbocycles. The van der Waals surface area contributed by atoms with Gasteiger partial charge in [-0.25, -0.2) is 0 Å². The minimum atomic E-state index is -0.226. The number of carbonyl (C=O) groups is 2. The lowest BCUT2D eigenvalue weighted by Gasteiger charge is -2.20. The number of rotatable bonds is 7. The Morgan fingerprint density at radius 3 is 2.79 bits per heavy atom. The normalized spacial score (nSPS) is 19.1. The largest absolute Gasteiger partial charge is 0.375 e. The van der Waals surface area contributed by atoms with Crippen LogP contribution in [0.2, 0.25) is 0 Å². The Kier molecular flexibility index (Phi) is 6.02. The van der Waals surface area contributed by atoms with Crippen molar-refractivity contribution in [2.24, 2.45) is 5.92 Å². The first-order chi connectivity index (χ1) is 8.91. The van der Waals surface area contributed by atoms with Gasteiger partial charge in [0.15, 0.2) is 0 Å². The molecule has 0 aromatic rings. The van der Waals surface area contributed by atoms with Crippen molar-refractivity contribution in [3.63, 3.8) is 0 Å². The standard InChI is InChI=1S/C14H24N2O3/c1-10(2)9-19-6-5-15-14(18)12-7-13(17)16(8-12)11(3)4/h11-12H,1,5-9H2,2-4H3,(H,15,18). The van der Waals surface area contributed by atoms with E-state index in [2.05, 4.69) is 11.9 Å². The second-order valence-corrected chi connectivity index (χ2v) is 5.34. The van der Waals surface area contributed by atoms with Crippen molar-refractivity contribution < 1.29 is 14.3 Å². The fourth-order valence-electron chi connectivity index (χ4n) is 2.04. The molecule has 0 bridgehead atoms. The zero-order valence-electron chi connectivity index (χ0n) is 12.1. The Balaban J connectivity index is 2.24. The van der Waals surface area contributed by atoms with E-state index < -0.39 is 0 Å². The van der Waals surface area contributed by atoms with E-state index in [9.17, 15) is 9.59 Å². The van der Waals surface area contributed by atoms with Crippen LogP contribution in [0.3, 0.4) is 0 Å². The van der Waals surface area contributed by atoms with E-state index in [1.54, 1.807) is 4.90 Å². The Labute approximate surface area is 115 Å². The van der Waals surface area contributed by atoms with Crippen LogP contribution in [0.5, 0.6) is 0 Å². The Morgan fingerprint density at radius 1 is 1.58 bits per heavy atom. The maximum Gasteiger partial charge on any atom is 0.225 e. The Hall–Kier alpha value is -1.36. The highest BCUT2D eigenvalue weighted by atomic mass is 16.5. The summed E-state index contributed by atoms with van der Waals surface area (Å²) in [5.74, 6) is -0.222. The molecule has 0 saturated carbocycles. The summed E-state index contributed by atoms with van der Waals surface area (Å²) in [7, 11) is 0. The second kappa shape index (κ2) is 7.28. The summed E-state index contributed by atoms with van der Waals surface area (Å²) in [5.41, 5.74) is 0.959. The summed E-state index contributed by atoms with van der Waals surface area (Å²) >= 11 is 0. The smallest absolute Gasteiger partial charge is 0.225 e. The first kappa shape index (κ1) is 15.7. The number of hydrogen-bond acceptors (Lipinski definition) is 3. The van der Waals surface area contributed by atoms with Crippen LogP contribution in [0.4, 0.5) is 0 Å². The summed E-state index contributed by atoms with van der Waals surface area (Å²) in [4.78, 5) is 25.3. The highest BCUT2D eigenvalue weighted by Gasteiger charge is 2.35. The van der Waals surface area contributed by atoms with Crippen molar-refractivity contribution in [1.29, 1.82) is 0 Å². The SMILES string of the molecule is C=C(C)COCCNC(=O)C1CC(=O)N(C(C)C)C1. The zero-order chi connectivity index (χ0) is 14.4. The molecule has 0 aromatic heterocycles. The predicted molar refractivity (Wildman–Crippen MR) is 73.6 cm³/mol. The van der Waals surface area contributed by atoms with E-state index in [1.165, 1.54) is 0 Å². The topological polar surface area (TPSA) is 58.6 Å². The quantitative estimate of drug-likeness (QED) is 0.552. The van der Waals surface area contributed by atoms with Crippen molar-refractivity contribution in [1.82, 2.24) is 10.2 Å². The van der Waals surface area contributed by atoms with Crippen LogP contribution in [0.25, 0.3) is 0 Å². The molecule has 1 atom stereocenters. The minimum absolute atomic E-state index is 0.0598. The molecule has 1 rings (SSSR count). The maximum absolute atomic E-state index is 11.9. The van der Waals surface area contributed by atoms with Crippen molar-refractivity contribution in [3.8, 4) is 0 Å². The molecule has 1 N–H and O–H groups in total. The van der Waals surface area contributed by atoms with Crippen molar-refractivity contribution in [2.45, 2.75) is 33.2 Å². The third-order valence-corrected chi connectivity index (χ3v) is 3.05. The molecular formula is C14H24N2O3. The first-order valence-electron chi connectivity index (χ1n) is 6.71. The van der Waals surface area contributed by atoms with Gasteiger partial charge in [-0.3, -0.25) is 9.59 Å². The monoisotopic (exact) mass is 268 g/mol. The number of ether oxygens (including phenoxy) is 1. The number of nitrogens with zero attached hydrogens (tertiary/aromatic N) is 1. The Morgan fingerprint density at radius 2 is 2.26 bits per heavy atom. The van der Waals surface area contributed by atoms with Crippen LogP contribution < -0.4 is 5.32 Å². The highest BCUT2D eigenvalue weighted by molar-refractivity contribution is 5.89. The predicted octanol–water partition coefficient (Wildman–Crippen LogP) is 0.952. The average molecular weight is 268 g/mol. The number of amides is 2. The second-order valence-electron chi connectivity index (χ2n) is 5.34. The minimum Gasteiger partial charge on any atom is -0.375 e. The lowest BCUT2D eigenvalue weighted by atomic mass is 10.1. The number of carbonyl (C=O) groups excluding carboxylic acids is 2. The molecule has 108 valence electrons. The van der Waals surface area contributed by atoms with Gasteiger partial charge in [-0.1, -0.05) is 12.2 Å². The highest BCUT2D eigenvalue weighted by Crippen LogP contribution is 2.19. The van der Waals surface area contributed by atoms with Crippen LogP contribution >= 0.6 is 0 Å². The van der Waals surface area contributed by atoms with Gasteiger partial charge >= 0.3 is 0 Å². The molecule has 0 spiro atoms. The molecule has 2 amide bonds. The van der Waals surface area contributed by atoms with Crippen molar-refractivity contribution >= 4 is 11.8 Å². The van der Waals surface area contributed by atoms with Crippen LogP contribution in [0.1, 0.15) is 27.2 Å². The Bertz CT molecular complexity index is 353. The summed E-state index contributed by atoms with van der Waals surface area (Å²) in [5, 5.41) is 2.81. The van der Waals surface area contributed by atoms with E-state index in [0.717, 1.165) is 5.57 Å². The van der Waals surface area contributed by atoms with Crippen LogP contribution in [0.15, 0.2) is 12.2 Å². The molecule has 1 aliphatic heterocycles. The van der Waals surface area contributed by atoms with Gasteiger partial charge in [-0.15, -0.1) is 0 Å². The molecule has 1 fully saturated rings. The molecule has 5 heteroatoms. The summed E-state index contributed by atoms with van der Waals surface area (Å²) in [6, 6.07) is 0.157.